The van der Waals surface area contributed by atoms with Gasteiger partial charge in [-0.3, -0.25) is 4.68 Å². The second-order valence-corrected chi connectivity index (χ2v) is 4.24. The van der Waals surface area contributed by atoms with Gasteiger partial charge in [0.05, 0.1) is 11.4 Å². The minimum absolute atomic E-state index is 1.06. The van der Waals surface area contributed by atoms with E-state index in [1.165, 1.54) is 23.2 Å². The standard InChI is InChI=1S/C14H18N2/c1-4-5-12-6-8-13(9-7-12)14-10-11(2)15-16(14)3/h6-10H,4-5H2,1-3H3. The Hall–Kier alpha value is -1.57. The highest BCUT2D eigenvalue weighted by molar-refractivity contribution is 5.60. The lowest BCUT2D eigenvalue weighted by molar-refractivity contribution is 0.764. The molecule has 0 aliphatic rings. The van der Waals surface area contributed by atoms with Crippen LogP contribution in [0.15, 0.2) is 30.3 Å². The van der Waals surface area contributed by atoms with Crippen molar-refractivity contribution in [3.05, 3.63) is 41.6 Å². The third kappa shape index (κ3) is 2.16. The fourth-order valence-electron chi connectivity index (χ4n) is 2.01. The lowest BCUT2D eigenvalue weighted by Gasteiger charge is -2.03. The Balaban J connectivity index is 2.31. The van der Waals surface area contributed by atoms with Gasteiger partial charge in [0, 0.05) is 7.05 Å². The number of hydrogen-bond acceptors (Lipinski definition) is 1. The summed E-state index contributed by atoms with van der Waals surface area (Å²) in [7, 11) is 1.99. The van der Waals surface area contributed by atoms with E-state index >= 15 is 0 Å². The van der Waals surface area contributed by atoms with Gasteiger partial charge in [-0.25, -0.2) is 0 Å². The van der Waals surface area contributed by atoms with Crippen molar-refractivity contribution in [3.63, 3.8) is 0 Å². The van der Waals surface area contributed by atoms with E-state index in [1.807, 2.05) is 18.7 Å². The second kappa shape index (κ2) is 4.52. The number of rotatable bonds is 3. The second-order valence-electron chi connectivity index (χ2n) is 4.24. The van der Waals surface area contributed by atoms with E-state index in [0.717, 1.165) is 12.1 Å². The predicted molar refractivity (Wildman–Crippen MR) is 67.4 cm³/mol. The molecular formula is C14H18N2. The number of aromatic nitrogens is 2. The molecule has 0 bridgehead atoms. The average molecular weight is 214 g/mol. The molecule has 0 aliphatic carbocycles. The highest BCUT2D eigenvalue weighted by Gasteiger charge is 2.04. The molecule has 0 saturated heterocycles. The number of hydrogen-bond donors (Lipinski definition) is 0. The molecular weight excluding hydrogens is 196 g/mol. The summed E-state index contributed by atoms with van der Waals surface area (Å²) in [4.78, 5) is 0. The van der Waals surface area contributed by atoms with Gasteiger partial charge >= 0.3 is 0 Å². The summed E-state index contributed by atoms with van der Waals surface area (Å²) in [6.07, 6.45) is 2.36. The zero-order chi connectivity index (χ0) is 11.5. The molecule has 1 aromatic heterocycles. The first-order valence-electron chi connectivity index (χ1n) is 5.80. The van der Waals surface area contributed by atoms with Crippen molar-refractivity contribution < 1.29 is 0 Å². The van der Waals surface area contributed by atoms with Crippen molar-refractivity contribution >= 4 is 0 Å². The molecule has 0 radical (unpaired) electrons. The van der Waals surface area contributed by atoms with Gasteiger partial charge in [0.15, 0.2) is 0 Å². The van der Waals surface area contributed by atoms with Crippen LogP contribution in [-0.4, -0.2) is 9.78 Å². The van der Waals surface area contributed by atoms with Crippen LogP contribution in [0.25, 0.3) is 11.3 Å². The number of benzene rings is 1. The molecule has 0 atom stereocenters. The summed E-state index contributed by atoms with van der Waals surface area (Å²) >= 11 is 0. The van der Waals surface area contributed by atoms with Crippen LogP contribution in [0.1, 0.15) is 24.6 Å². The van der Waals surface area contributed by atoms with E-state index < -0.39 is 0 Å². The van der Waals surface area contributed by atoms with Gasteiger partial charge in [-0.15, -0.1) is 0 Å². The summed E-state index contributed by atoms with van der Waals surface area (Å²) < 4.78 is 1.93. The van der Waals surface area contributed by atoms with Crippen LogP contribution in [-0.2, 0) is 13.5 Å². The normalized spacial score (nSPS) is 10.7. The highest BCUT2D eigenvalue weighted by Crippen LogP contribution is 2.20. The first kappa shape index (κ1) is 10.9. The lowest BCUT2D eigenvalue weighted by Crippen LogP contribution is -1.93. The molecule has 16 heavy (non-hydrogen) atoms. The number of aryl methyl sites for hydroxylation is 3. The zero-order valence-corrected chi connectivity index (χ0v) is 10.2. The van der Waals surface area contributed by atoms with Gasteiger partial charge in [-0.05, 0) is 30.5 Å². The summed E-state index contributed by atoms with van der Waals surface area (Å²) in [6, 6.07) is 10.9. The first-order chi connectivity index (χ1) is 7.70. The van der Waals surface area contributed by atoms with E-state index in [9.17, 15) is 0 Å². The SMILES string of the molecule is CCCc1ccc(-c2cc(C)nn2C)cc1. The van der Waals surface area contributed by atoms with E-state index in [-0.39, 0.29) is 0 Å². The van der Waals surface area contributed by atoms with Gasteiger partial charge in [0.1, 0.15) is 0 Å². The quantitative estimate of drug-likeness (QED) is 0.766. The van der Waals surface area contributed by atoms with Crippen LogP contribution < -0.4 is 0 Å². The van der Waals surface area contributed by atoms with Crippen molar-refractivity contribution in [3.8, 4) is 11.3 Å². The average Bonchev–Trinajstić information content (AvgIpc) is 2.59. The van der Waals surface area contributed by atoms with Gasteiger partial charge in [-0.1, -0.05) is 37.6 Å². The summed E-state index contributed by atoms with van der Waals surface area (Å²) in [6.45, 7) is 4.23. The predicted octanol–water partition coefficient (Wildman–Crippen LogP) is 3.35. The Bertz CT molecular complexity index is 466. The van der Waals surface area contributed by atoms with Crippen LogP contribution in [0.3, 0.4) is 0 Å². The van der Waals surface area contributed by atoms with Crippen LogP contribution in [0.2, 0.25) is 0 Å². The van der Waals surface area contributed by atoms with E-state index in [2.05, 4.69) is 42.4 Å². The minimum atomic E-state index is 1.06. The van der Waals surface area contributed by atoms with Crippen LogP contribution in [0.5, 0.6) is 0 Å². The monoisotopic (exact) mass is 214 g/mol. The lowest BCUT2D eigenvalue weighted by atomic mass is 10.1. The van der Waals surface area contributed by atoms with Gasteiger partial charge in [0.25, 0.3) is 0 Å². The molecule has 2 rings (SSSR count). The molecule has 1 heterocycles. The third-order valence-electron chi connectivity index (χ3n) is 2.79. The van der Waals surface area contributed by atoms with E-state index in [4.69, 9.17) is 0 Å². The molecule has 0 spiro atoms. The Morgan fingerprint density at radius 1 is 1.19 bits per heavy atom. The molecule has 0 saturated carbocycles. The Labute approximate surface area is 96.9 Å². The summed E-state index contributed by atoms with van der Waals surface area (Å²) in [5, 5.41) is 4.36. The molecule has 0 N–H and O–H groups in total. The van der Waals surface area contributed by atoms with E-state index in [0.29, 0.717) is 0 Å². The maximum atomic E-state index is 4.36. The van der Waals surface area contributed by atoms with E-state index in [1.54, 1.807) is 0 Å². The maximum absolute atomic E-state index is 4.36. The Kier molecular flexibility index (Phi) is 3.09. The molecule has 0 unspecified atom stereocenters. The van der Waals surface area contributed by atoms with Gasteiger partial charge in [-0.2, -0.15) is 5.10 Å². The van der Waals surface area contributed by atoms with Crippen molar-refractivity contribution in [1.29, 1.82) is 0 Å². The molecule has 2 aromatic rings. The summed E-state index contributed by atoms with van der Waals surface area (Å²) in [5.41, 5.74) is 4.89. The largest absolute Gasteiger partial charge is 0.268 e. The molecule has 84 valence electrons. The molecule has 0 aliphatic heterocycles. The minimum Gasteiger partial charge on any atom is -0.268 e. The van der Waals surface area contributed by atoms with Gasteiger partial charge < -0.3 is 0 Å². The molecule has 2 nitrogen and oxygen atoms in total. The van der Waals surface area contributed by atoms with Crippen molar-refractivity contribution in [1.82, 2.24) is 9.78 Å². The highest BCUT2D eigenvalue weighted by atomic mass is 15.3. The fraction of sp³-hybridized carbons (Fsp3) is 0.357. The summed E-state index contributed by atoms with van der Waals surface area (Å²) in [5.74, 6) is 0. The molecule has 0 amide bonds. The third-order valence-corrected chi connectivity index (χ3v) is 2.79. The van der Waals surface area contributed by atoms with Crippen molar-refractivity contribution in [2.45, 2.75) is 26.7 Å². The fourth-order valence-corrected chi connectivity index (χ4v) is 2.01. The first-order valence-corrected chi connectivity index (χ1v) is 5.80. The van der Waals surface area contributed by atoms with Crippen LogP contribution in [0, 0.1) is 6.92 Å². The van der Waals surface area contributed by atoms with Gasteiger partial charge in [0.2, 0.25) is 0 Å². The Morgan fingerprint density at radius 3 is 2.38 bits per heavy atom. The molecule has 2 heteroatoms. The van der Waals surface area contributed by atoms with Crippen molar-refractivity contribution in [2.24, 2.45) is 7.05 Å². The molecule has 1 aromatic carbocycles. The zero-order valence-electron chi connectivity index (χ0n) is 10.2. The Morgan fingerprint density at radius 2 is 1.88 bits per heavy atom. The smallest absolute Gasteiger partial charge is 0.0681 e. The molecule has 0 fully saturated rings. The maximum Gasteiger partial charge on any atom is 0.0681 e. The van der Waals surface area contributed by atoms with Crippen molar-refractivity contribution in [2.75, 3.05) is 0 Å². The van der Waals surface area contributed by atoms with Crippen LogP contribution >= 0.6 is 0 Å². The van der Waals surface area contributed by atoms with Crippen LogP contribution in [0.4, 0.5) is 0 Å². The topological polar surface area (TPSA) is 17.8 Å². The number of nitrogens with zero attached hydrogens (tertiary/aromatic N) is 2.